The molecule has 2 aromatic rings. The van der Waals surface area contributed by atoms with Crippen LogP contribution in [0.15, 0.2) is 47.1 Å². The fourth-order valence-corrected chi connectivity index (χ4v) is 2.27. The van der Waals surface area contributed by atoms with Crippen LogP contribution in [0, 0.1) is 0 Å². The molecule has 0 atom stereocenters. The van der Waals surface area contributed by atoms with Gasteiger partial charge >= 0.3 is 11.9 Å². The van der Waals surface area contributed by atoms with Gasteiger partial charge in [-0.1, -0.05) is 45.0 Å². The highest BCUT2D eigenvalue weighted by molar-refractivity contribution is 5.93. The van der Waals surface area contributed by atoms with Crippen molar-refractivity contribution in [1.82, 2.24) is 10.9 Å². The van der Waals surface area contributed by atoms with Crippen LogP contribution in [0.4, 0.5) is 0 Å². The Hall–Kier alpha value is -3.09. The van der Waals surface area contributed by atoms with E-state index in [0.717, 1.165) is 5.56 Å². The van der Waals surface area contributed by atoms with E-state index in [-0.39, 0.29) is 17.6 Å². The number of amides is 2. The van der Waals surface area contributed by atoms with Crippen LogP contribution < -0.4 is 10.9 Å². The Bertz CT molecular complexity index is 774. The molecule has 2 rings (SSSR count). The molecule has 27 heavy (non-hydrogen) atoms. The Balaban J connectivity index is 1.67. The molecule has 0 fully saturated rings. The Labute approximate surface area is 158 Å². The van der Waals surface area contributed by atoms with Crippen LogP contribution in [0.5, 0.6) is 0 Å². The van der Waals surface area contributed by atoms with E-state index in [0.29, 0.717) is 6.42 Å². The van der Waals surface area contributed by atoms with E-state index >= 15 is 0 Å². The van der Waals surface area contributed by atoms with Gasteiger partial charge in [0.05, 0.1) is 6.26 Å². The molecule has 1 aromatic heterocycles. The molecule has 0 saturated heterocycles. The second kappa shape index (κ2) is 9.02. The van der Waals surface area contributed by atoms with Crippen molar-refractivity contribution in [1.29, 1.82) is 0 Å². The molecule has 1 heterocycles. The van der Waals surface area contributed by atoms with Crippen molar-refractivity contribution in [3.63, 3.8) is 0 Å². The maximum absolute atomic E-state index is 11.8. The number of furan rings is 1. The zero-order valence-corrected chi connectivity index (χ0v) is 15.7. The monoisotopic (exact) mass is 372 g/mol. The molecular formula is C20H24N2O5. The van der Waals surface area contributed by atoms with Gasteiger partial charge in [0.25, 0.3) is 5.91 Å². The zero-order valence-electron chi connectivity index (χ0n) is 15.7. The lowest BCUT2D eigenvalue weighted by Gasteiger charge is -2.19. The molecule has 0 bridgehead atoms. The molecule has 0 unspecified atom stereocenters. The molecule has 0 aliphatic heterocycles. The number of hydrazine groups is 1. The first-order valence-electron chi connectivity index (χ1n) is 8.63. The molecule has 0 saturated carbocycles. The average Bonchev–Trinajstić information content (AvgIpc) is 3.17. The number of aryl methyl sites for hydroxylation is 1. The summed E-state index contributed by atoms with van der Waals surface area (Å²) in [6.07, 6.45) is 2.04. The van der Waals surface area contributed by atoms with Crippen molar-refractivity contribution in [2.45, 2.75) is 39.0 Å². The van der Waals surface area contributed by atoms with Crippen LogP contribution in [-0.2, 0) is 26.2 Å². The average molecular weight is 372 g/mol. The van der Waals surface area contributed by atoms with Crippen LogP contribution in [0.1, 0.15) is 48.9 Å². The number of carbonyl (C=O) groups excluding carboxylic acids is 3. The molecule has 0 radical (unpaired) electrons. The molecule has 1 aromatic carbocycles. The van der Waals surface area contributed by atoms with Gasteiger partial charge < -0.3 is 9.15 Å². The molecule has 7 heteroatoms. The predicted octanol–water partition coefficient (Wildman–Crippen LogP) is 2.51. The Morgan fingerprint density at radius 1 is 1.04 bits per heavy atom. The van der Waals surface area contributed by atoms with E-state index in [1.807, 2.05) is 12.1 Å². The normalized spacial score (nSPS) is 10.9. The Morgan fingerprint density at radius 2 is 1.74 bits per heavy atom. The summed E-state index contributed by atoms with van der Waals surface area (Å²) in [6, 6.07) is 11.1. The lowest BCUT2D eigenvalue weighted by atomic mass is 9.86. The second-order valence-electron chi connectivity index (χ2n) is 7.09. The lowest BCUT2D eigenvalue weighted by Crippen LogP contribution is -2.43. The van der Waals surface area contributed by atoms with Crippen molar-refractivity contribution >= 4 is 17.8 Å². The van der Waals surface area contributed by atoms with E-state index in [1.54, 1.807) is 6.07 Å². The van der Waals surface area contributed by atoms with Gasteiger partial charge in [0.1, 0.15) is 0 Å². The topological polar surface area (TPSA) is 97.6 Å². The highest BCUT2D eigenvalue weighted by Gasteiger charge is 2.14. The predicted molar refractivity (Wildman–Crippen MR) is 98.7 cm³/mol. The van der Waals surface area contributed by atoms with Crippen molar-refractivity contribution in [3.8, 4) is 0 Å². The van der Waals surface area contributed by atoms with Gasteiger partial charge in [-0.25, -0.2) is 0 Å². The van der Waals surface area contributed by atoms with Crippen molar-refractivity contribution in [2.75, 3.05) is 6.61 Å². The van der Waals surface area contributed by atoms with Crippen molar-refractivity contribution < 1.29 is 23.5 Å². The fraction of sp³-hybridized carbons (Fsp3) is 0.350. The fourth-order valence-electron chi connectivity index (χ4n) is 2.27. The SMILES string of the molecule is CC(C)(C)c1ccc(CCC(=O)OCC(=O)NNC(=O)c2ccco2)cc1. The first-order chi connectivity index (χ1) is 12.8. The smallest absolute Gasteiger partial charge is 0.306 e. The molecule has 2 amide bonds. The van der Waals surface area contributed by atoms with Crippen molar-refractivity contribution in [3.05, 3.63) is 59.5 Å². The minimum atomic E-state index is -0.641. The number of rotatable bonds is 6. The minimum Gasteiger partial charge on any atom is -0.459 e. The van der Waals surface area contributed by atoms with Gasteiger partial charge in [-0.05, 0) is 35.1 Å². The van der Waals surface area contributed by atoms with Crippen molar-refractivity contribution in [2.24, 2.45) is 0 Å². The van der Waals surface area contributed by atoms with Gasteiger partial charge in [-0.15, -0.1) is 0 Å². The number of esters is 1. The first kappa shape index (κ1) is 20.2. The summed E-state index contributed by atoms with van der Waals surface area (Å²) < 4.78 is 9.78. The van der Waals surface area contributed by atoms with Gasteiger partial charge in [-0.2, -0.15) is 0 Å². The van der Waals surface area contributed by atoms with Crippen LogP contribution in [0.25, 0.3) is 0 Å². The number of hydrogen-bond acceptors (Lipinski definition) is 5. The van der Waals surface area contributed by atoms with E-state index in [4.69, 9.17) is 9.15 Å². The summed E-state index contributed by atoms with van der Waals surface area (Å²) >= 11 is 0. The largest absolute Gasteiger partial charge is 0.459 e. The summed E-state index contributed by atoms with van der Waals surface area (Å²) in [6.45, 7) is 5.95. The summed E-state index contributed by atoms with van der Waals surface area (Å²) in [5.74, 6) is -1.66. The number of benzene rings is 1. The summed E-state index contributed by atoms with van der Waals surface area (Å²) in [5, 5.41) is 0. The third-order valence-electron chi connectivity index (χ3n) is 3.86. The van der Waals surface area contributed by atoms with Crippen LogP contribution in [0.2, 0.25) is 0 Å². The van der Waals surface area contributed by atoms with Gasteiger partial charge in [0, 0.05) is 6.42 Å². The van der Waals surface area contributed by atoms with E-state index in [1.165, 1.54) is 17.9 Å². The molecule has 0 aliphatic carbocycles. The summed E-state index contributed by atoms with van der Waals surface area (Å²) in [7, 11) is 0. The molecule has 2 N–H and O–H groups in total. The highest BCUT2D eigenvalue weighted by Crippen LogP contribution is 2.22. The van der Waals surface area contributed by atoms with Gasteiger partial charge in [0.2, 0.25) is 0 Å². The molecule has 7 nitrogen and oxygen atoms in total. The zero-order chi connectivity index (χ0) is 19.9. The Kier molecular flexibility index (Phi) is 6.76. The lowest BCUT2D eigenvalue weighted by molar-refractivity contribution is -0.148. The summed E-state index contributed by atoms with van der Waals surface area (Å²) in [5.41, 5.74) is 6.63. The minimum absolute atomic E-state index is 0.0600. The highest BCUT2D eigenvalue weighted by atomic mass is 16.5. The molecular weight excluding hydrogens is 348 g/mol. The quantitative estimate of drug-likeness (QED) is 0.600. The first-order valence-corrected chi connectivity index (χ1v) is 8.63. The van der Waals surface area contributed by atoms with Crippen LogP contribution >= 0.6 is 0 Å². The van der Waals surface area contributed by atoms with Gasteiger partial charge in [0.15, 0.2) is 12.4 Å². The summed E-state index contributed by atoms with van der Waals surface area (Å²) in [4.78, 5) is 34.9. The van der Waals surface area contributed by atoms with E-state index in [2.05, 4.69) is 43.8 Å². The van der Waals surface area contributed by atoms with Crippen LogP contribution in [-0.4, -0.2) is 24.4 Å². The van der Waals surface area contributed by atoms with Gasteiger partial charge in [-0.3, -0.25) is 25.2 Å². The van der Waals surface area contributed by atoms with Crippen LogP contribution in [0.3, 0.4) is 0 Å². The number of nitrogens with one attached hydrogen (secondary N) is 2. The standard InChI is InChI=1S/C20H24N2O5/c1-20(2,3)15-9-6-14(7-10-15)8-11-18(24)27-13-17(23)21-22-19(25)16-5-4-12-26-16/h4-7,9-10,12H,8,11,13H2,1-3H3,(H,21,23)(H,22,25). The maximum Gasteiger partial charge on any atom is 0.306 e. The third-order valence-corrected chi connectivity index (χ3v) is 3.86. The number of hydrogen-bond donors (Lipinski definition) is 2. The molecule has 144 valence electrons. The third kappa shape index (κ3) is 6.62. The maximum atomic E-state index is 11.8. The molecule has 0 spiro atoms. The Morgan fingerprint density at radius 3 is 2.33 bits per heavy atom. The van der Waals surface area contributed by atoms with E-state index in [9.17, 15) is 14.4 Å². The number of carbonyl (C=O) groups is 3. The van der Waals surface area contributed by atoms with E-state index < -0.39 is 24.4 Å². The molecule has 0 aliphatic rings. The second-order valence-corrected chi connectivity index (χ2v) is 7.09. The number of ether oxygens (including phenoxy) is 1.